The molecule has 2 heterocycles. The van der Waals surface area contributed by atoms with Crippen molar-refractivity contribution in [2.75, 3.05) is 17.7 Å². The Morgan fingerprint density at radius 3 is 2.50 bits per heavy atom. The maximum atomic E-state index is 13.2. The quantitative estimate of drug-likeness (QED) is 0.320. The summed E-state index contributed by atoms with van der Waals surface area (Å²) in [6.45, 7) is 2.02. The van der Waals surface area contributed by atoms with Gasteiger partial charge in [-0.05, 0) is 49.1 Å². The molecule has 0 fully saturated rings. The number of methoxy groups -OCH3 is 1. The fourth-order valence-corrected chi connectivity index (χ4v) is 4.27. The van der Waals surface area contributed by atoms with Crippen LogP contribution in [0.3, 0.4) is 0 Å². The summed E-state index contributed by atoms with van der Waals surface area (Å²) in [5, 5.41) is 6.95. The molecule has 0 saturated carbocycles. The lowest BCUT2D eigenvalue weighted by Crippen LogP contribution is -2.18. The number of esters is 1. The third kappa shape index (κ3) is 5.71. The van der Waals surface area contributed by atoms with E-state index in [0.29, 0.717) is 29.6 Å². The lowest BCUT2D eigenvalue weighted by molar-refractivity contribution is -0.116. The molecular weight excluding hydrogens is 459 g/mol. The SMILES string of the molecule is COC(=O)c1c(NC(=O)CCc2ccccc2)c2cc(NC(C)Cc3ccc(F)cc3)cnc2n1C. The number of carbonyl (C=O) groups excluding carboxylic acids is 2. The lowest BCUT2D eigenvalue weighted by Gasteiger charge is -2.15. The molecule has 36 heavy (non-hydrogen) atoms. The van der Waals surface area contributed by atoms with Crippen LogP contribution in [-0.2, 0) is 29.4 Å². The Hall–Kier alpha value is -4.20. The Labute approximate surface area is 209 Å². The normalized spacial score (nSPS) is 11.8. The largest absolute Gasteiger partial charge is 0.464 e. The van der Waals surface area contributed by atoms with E-state index in [-0.39, 0.29) is 29.9 Å². The number of rotatable bonds is 9. The highest BCUT2D eigenvalue weighted by atomic mass is 19.1. The number of benzene rings is 2. The molecule has 0 saturated heterocycles. The van der Waals surface area contributed by atoms with E-state index in [1.807, 2.05) is 43.3 Å². The van der Waals surface area contributed by atoms with Crippen LogP contribution in [0.15, 0.2) is 66.9 Å². The molecule has 1 amide bonds. The number of anilines is 2. The zero-order valence-electron chi connectivity index (χ0n) is 20.5. The van der Waals surface area contributed by atoms with Gasteiger partial charge in [-0.1, -0.05) is 42.5 Å². The molecule has 2 aromatic heterocycles. The van der Waals surface area contributed by atoms with E-state index in [0.717, 1.165) is 16.8 Å². The number of nitrogens with zero attached hydrogens (tertiary/aromatic N) is 2. The Kier molecular flexibility index (Phi) is 7.63. The second-order valence-electron chi connectivity index (χ2n) is 8.78. The van der Waals surface area contributed by atoms with Gasteiger partial charge < -0.3 is 19.9 Å². The highest BCUT2D eigenvalue weighted by Crippen LogP contribution is 2.32. The number of fused-ring (bicyclic) bond motifs is 1. The van der Waals surface area contributed by atoms with Gasteiger partial charge in [0.2, 0.25) is 5.91 Å². The molecule has 4 aromatic rings. The van der Waals surface area contributed by atoms with Crippen LogP contribution in [-0.4, -0.2) is 34.6 Å². The number of halogens is 1. The van der Waals surface area contributed by atoms with Crippen molar-refractivity contribution in [2.45, 2.75) is 32.2 Å². The number of carbonyl (C=O) groups is 2. The van der Waals surface area contributed by atoms with E-state index in [4.69, 9.17) is 4.74 Å². The smallest absolute Gasteiger partial charge is 0.356 e. The summed E-state index contributed by atoms with van der Waals surface area (Å²) >= 11 is 0. The average Bonchev–Trinajstić information content (AvgIpc) is 3.14. The van der Waals surface area contributed by atoms with Crippen LogP contribution < -0.4 is 10.6 Å². The molecule has 0 aliphatic carbocycles. The fourth-order valence-electron chi connectivity index (χ4n) is 4.27. The Bertz CT molecular complexity index is 1370. The van der Waals surface area contributed by atoms with Crippen LogP contribution in [0.5, 0.6) is 0 Å². The summed E-state index contributed by atoms with van der Waals surface area (Å²) in [5.74, 6) is -1.04. The average molecular weight is 489 g/mol. The number of nitrogens with one attached hydrogen (secondary N) is 2. The number of aromatic nitrogens is 2. The van der Waals surface area contributed by atoms with Crippen molar-refractivity contribution < 1.29 is 18.7 Å². The zero-order valence-corrected chi connectivity index (χ0v) is 20.5. The van der Waals surface area contributed by atoms with Gasteiger partial charge in [-0.2, -0.15) is 0 Å². The molecule has 0 aliphatic rings. The van der Waals surface area contributed by atoms with Gasteiger partial charge in [0.1, 0.15) is 11.5 Å². The van der Waals surface area contributed by atoms with Crippen molar-refractivity contribution in [2.24, 2.45) is 7.05 Å². The van der Waals surface area contributed by atoms with Gasteiger partial charge in [0, 0.05) is 24.9 Å². The topological polar surface area (TPSA) is 85.2 Å². The molecule has 0 spiro atoms. The third-order valence-corrected chi connectivity index (χ3v) is 6.02. The second kappa shape index (κ2) is 11.0. The first-order chi connectivity index (χ1) is 17.4. The minimum atomic E-state index is -0.562. The molecule has 1 unspecified atom stereocenters. The first-order valence-corrected chi connectivity index (χ1v) is 11.8. The lowest BCUT2D eigenvalue weighted by atomic mass is 10.1. The summed E-state index contributed by atoms with van der Waals surface area (Å²) in [6, 6.07) is 18.1. The number of hydrogen-bond acceptors (Lipinski definition) is 5. The van der Waals surface area contributed by atoms with Gasteiger partial charge in [0.05, 0.1) is 24.7 Å². The van der Waals surface area contributed by atoms with Crippen LogP contribution in [0.4, 0.5) is 15.8 Å². The molecule has 4 rings (SSSR count). The minimum absolute atomic E-state index is 0.0300. The van der Waals surface area contributed by atoms with Crippen molar-refractivity contribution in [3.63, 3.8) is 0 Å². The molecule has 1 atom stereocenters. The molecule has 0 radical (unpaired) electrons. The summed E-state index contributed by atoms with van der Waals surface area (Å²) in [7, 11) is 3.02. The molecule has 186 valence electrons. The van der Waals surface area contributed by atoms with Crippen molar-refractivity contribution >= 4 is 34.3 Å². The number of pyridine rings is 1. The monoisotopic (exact) mass is 488 g/mol. The second-order valence-corrected chi connectivity index (χ2v) is 8.78. The molecule has 0 aliphatic heterocycles. The highest BCUT2D eigenvalue weighted by Gasteiger charge is 2.24. The number of aryl methyl sites for hydroxylation is 2. The van der Waals surface area contributed by atoms with Gasteiger partial charge in [-0.15, -0.1) is 0 Å². The first-order valence-electron chi connectivity index (χ1n) is 11.8. The van der Waals surface area contributed by atoms with Crippen molar-refractivity contribution in [3.05, 3.63) is 89.5 Å². The summed E-state index contributed by atoms with van der Waals surface area (Å²) in [6.07, 6.45) is 3.22. The van der Waals surface area contributed by atoms with E-state index >= 15 is 0 Å². The Morgan fingerprint density at radius 1 is 1.08 bits per heavy atom. The van der Waals surface area contributed by atoms with Crippen LogP contribution in [0.25, 0.3) is 11.0 Å². The molecule has 0 bridgehead atoms. The fraction of sp³-hybridized carbons (Fsp3) is 0.250. The van der Waals surface area contributed by atoms with Gasteiger partial charge in [-0.25, -0.2) is 14.2 Å². The summed E-state index contributed by atoms with van der Waals surface area (Å²) < 4.78 is 19.8. The van der Waals surface area contributed by atoms with Crippen molar-refractivity contribution in [1.82, 2.24) is 9.55 Å². The van der Waals surface area contributed by atoms with E-state index in [9.17, 15) is 14.0 Å². The van der Waals surface area contributed by atoms with Gasteiger partial charge >= 0.3 is 5.97 Å². The first kappa shape index (κ1) is 24.9. The van der Waals surface area contributed by atoms with E-state index in [2.05, 4.69) is 15.6 Å². The highest BCUT2D eigenvalue weighted by molar-refractivity contribution is 6.11. The molecule has 2 N–H and O–H groups in total. The molecular formula is C28H29FN4O3. The maximum Gasteiger partial charge on any atom is 0.356 e. The number of ether oxygens (including phenoxy) is 1. The summed E-state index contributed by atoms with van der Waals surface area (Å²) in [5.41, 5.74) is 3.94. The van der Waals surface area contributed by atoms with Crippen LogP contribution >= 0.6 is 0 Å². The van der Waals surface area contributed by atoms with Gasteiger partial charge in [0.25, 0.3) is 0 Å². The molecule has 2 aromatic carbocycles. The van der Waals surface area contributed by atoms with E-state index in [1.165, 1.54) is 19.2 Å². The maximum absolute atomic E-state index is 13.2. The molecule has 8 heteroatoms. The minimum Gasteiger partial charge on any atom is -0.464 e. The van der Waals surface area contributed by atoms with E-state index in [1.54, 1.807) is 29.9 Å². The van der Waals surface area contributed by atoms with Crippen LogP contribution in [0.2, 0.25) is 0 Å². The van der Waals surface area contributed by atoms with E-state index < -0.39 is 5.97 Å². The molecule has 7 nitrogen and oxygen atoms in total. The van der Waals surface area contributed by atoms with Crippen molar-refractivity contribution in [1.29, 1.82) is 0 Å². The number of hydrogen-bond donors (Lipinski definition) is 2. The zero-order chi connectivity index (χ0) is 25.7. The third-order valence-electron chi connectivity index (χ3n) is 6.02. The van der Waals surface area contributed by atoms with Crippen LogP contribution in [0, 0.1) is 5.82 Å². The standard InChI is InChI=1S/C28H29FN4O3/c1-18(15-20-9-12-21(29)13-10-20)31-22-16-23-25(26(28(35)36-3)33(2)27(23)30-17-22)32-24(34)14-11-19-7-5-4-6-8-19/h4-10,12-13,16-18,31H,11,14-15H2,1-3H3,(H,32,34). The van der Waals surface area contributed by atoms with Crippen molar-refractivity contribution in [3.8, 4) is 0 Å². The van der Waals surface area contributed by atoms with Gasteiger partial charge in [-0.3, -0.25) is 4.79 Å². The van der Waals surface area contributed by atoms with Crippen LogP contribution in [0.1, 0.15) is 35.0 Å². The predicted octanol–water partition coefficient (Wildman–Crippen LogP) is 5.11. The Morgan fingerprint density at radius 2 is 1.81 bits per heavy atom. The van der Waals surface area contributed by atoms with Gasteiger partial charge in [0.15, 0.2) is 5.69 Å². The number of amides is 1. The summed E-state index contributed by atoms with van der Waals surface area (Å²) in [4.78, 5) is 30.0. The Balaban J connectivity index is 1.58. The predicted molar refractivity (Wildman–Crippen MR) is 139 cm³/mol.